The molecule has 0 amide bonds. The van der Waals surface area contributed by atoms with Gasteiger partial charge in [-0.25, -0.2) is 0 Å². The van der Waals surface area contributed by atoms with Crippen LogP contribution in [0.2, 0.25) is 0 Å². The lowest BCUT2D eigenvalue weighted by Gasteiger charge is -2.11. The molecule has 0 atom stereocenters. The molecule has 0 spiro atoms. The van der Waals surface area contributed by atoms with Crippen molar-refractivity contribution in [2.24, 2.45) is 0 Å². The van der Waals surface area contributed by atoms with E-state index in [0.29, 0.717) is 0 Å². The number of pyridine rings is 1. The minimum absolute atomic E-state index is 1.10. The quantitative estimate of drug-likeness (QED) is 0.181. The molecule has 3 nitrogen and oxygen atoms in total. The molecule has 0 N–H and O–H groups in total. The summed E-state index contributed by atoms with van der Waals surface area (Å²) in [6.07, 6.45) is 3.75. The normalized spacial score (nSPS) is 12.1. The van der Waals surface area contributed by atoms with Crippen LogP contribution in [0, 0.1) is 0 Å². The van der Waals surface area contributed by atoms with Gasteiger partial charge in [-0.05, 0) is 122 Å². The lowest BCUT2D eigenvalue weighted by atomic mass is 9.93. The minimum Gasteiger partial charge on any atom is -0.309 e. The molecule has 0 bridgehead atoms. The number of rotatable bonds is 4. The van der Waals surface area contributed by atoms with Gasteiger partial charge in [0, 0.05) is 45.3 Å². The van der Waals surface area contributed by atoms with Crippen molar-refractivity contribution in [3.8, 4) is 55.9 Å². The van der Waals surface area contributed by atoms with Gasteiger partial charge in [-0.2, -0.15) is 0 Å². The monoisotopic (exact) mass is 685 g/mol. The standard InChI is InChI=1S/C51H31N3/c1-2-9-35(10-3-1)53-47-16-7-6-13-40(47)44-29-32(17-22-48(44)53)33-18-23-49-45(30-33)46-31-34(19-24-50(46)54(49)36-25-27-52-28-26-36)37-20-21-43-39-12-5-4-11-38(39)42-15-8-14-41(37)51(42)43/h1-31H. The number of hydrogen-bond acceptors (Lipinski definition) is 1. The number of para-hydroxylation sites is 2. The first-order chi connectivity index (χ1) is 26.8. The average molecular weight is 686 g/mol. The molecule has 0 saturated heterocycles. The zero-order valence-corrected chi connectivity index (χ0v) is 29.2. The molecule has 3 heterocycles. The van der Waals surface area contributed by atoms with Crippen LogP contribution in [0.3, 0.4) is 0 Å². The topological polar surface area (TPSA) is 22.8 Å². The van der Waals surface area contributed by atoms with E-state index in [0.717, 1.165) is 5.69 Å². The fraction of sp³-hybridized carbons (Fsp3) is 0. The van der Waals surface area contributed by atoms with Crippen molar-refractivity contribution in [2.45, 2.75) is 0 Å². The Kier molecular flexibility index (Phi) is 6.05. The van der Waals surface area contributed by atoms with E-state index in [1.54, 1.807) is 0 Å². The van der Waals surface area contributed by atoms with Gasteiger partial charge < -0.3 is 9.13 Å². The van der Waals surface area contributed by atoms with Crippen molar-refractivity contribution in [3.63, 3.8) is 0 Å². The molecule has 0 radical (unpaired) electrons. The molecule has 0 aliphatic heterocycles. The Morgan fingerprint density at radius 2 is 0.778 bits per heavy atom. The van der Waals surface area contributed by atoms with Gasteiger partial charge in [-0.1, -0.05) is 109 Å². The van der Waals surface area contributed by atoms with Gasteiger partial charge in [-0.3, -0.25) is 4.98 Å². The van der Waals surface area contributed by atoms with E-state index in [1.165, 1.54) is 105 Å². The Hall–Kier alpha value is -7.23. The molecule has 3 heteroatoms. The number of aromatic nitrogens is 3. The molecular formula is C51H31N3. The van der Waals surface area contributed by atoms with Gasteiger partial charge in [-0.15, -0.1) is 0 Å². The highest BCUT2D eigenvalue weighted by molar-refractivity contribution is 6.20. The van der Waals surface area contributed by atoms with Crippen LogP contribution in [-0.4, -0.2) is 14.1 Å². The predicted octanol–water partition coefficient (Wildman–Crippen LogP) is 13.4. The van der Waals surface area contributed by atoms with Crippen LogP contribution in [0.15, 0.2) is 188 Å². The Labute approximate surface area is 311 Å². The van der Waals surface area contributed by atoms with E-state index in [1.807, 2.05) is 12.4 Å². The second-order valence-corrected chi connectivity index (χ2v) is 14.4. The highest BCUT2D eigenvalue weighted by Gasteiger charge is 2.23. The summed E-state index contributed by atoms with van der Waals surface area (Å²) in [5.74, 6) is 0. The lowest BCUT2D eigenvalue weighted by Crippen LogP contribution is -1.94. The number of fused-ring (bicyclic) bond motifs is 9. The zero-order valence-electron chi connectivity index (χ0n) is 29.2. The van der Waals surface area contributed by atoms with E-state index in [4.69, 9.17) is 0 Å². The van der Waals surface area contributed by atoms with E-state index in [-0.39, 0.29) is 0 Å². The van der Waals surface area contributed by atoms with Crippen molar-refractivity contribution < 1.29 is 0 Å². The summed E-state index contributed by atoms with van der Waals surface area (Å²) in [4.78, 5) is 4.34. The maximum absolute atomic E-state index is 4.34. The van der Waals surface area contributed by atoms with Gasteiger partial charge in [0.2, 0.25) is 0 Å². The maximum atomic E-state index is 4.34. The third kappa shape index (κ3) is 4.09. The third-order valence-corrected chi connectivity index (χ3v) is 11.6. The molecule has 8 aromatic carbocycles. The summed E-state index contributed by atoms with van der Waals surface area (Å²) in [6.45, 7) is 0. The van der Waals surface area contributed by atoms with Crippen LogP contribution in [0.4, 0.5) is 0 Å². The van der Waals surface area contributed by atoms with E-state index < -0.39 is 0 Å². The summed E-state index contributed by atoms with van der Waals surface area (Å²) in [6, 6.07) is 64.7. The fourth-order valence-electron chi connectivity index (χ4n) is 9.21. The molecule has 250 valence electrons. The number of nitrogens with zero attached hydrogens (tertiary/aromatic N) is 3. The van der Waals surface area contributed by atoms with Crippen LogP contribution < -0.4 is 0 Å². The Morgan fingerprint density at radius 3 is 1.48 bits per heavy atom. The largest absolute Gasteiger partial charge is 0.309 e. The zero-order chi connectivity index (χ0) is 35.3. The molecule has 3 aromatic heterocycles. The van der Waals surface area contributed by atoms with Gasteiger partial charge >= 0.3 is 0 Å². The van der Waals surface area contributed by atoms with Crippen molar-refractivity contribution in [3.05, 3.63) is 188 Å². The molecule has 0 saturated carbocycles. The molecule has 11 aromatic rings. The van der Waals surface area contributed by atoms with Gasteiger partial charge in [0.15, 0.2) is 0 Å². The highest BCUT2D eigenvalue weighted by atomic mass is 15.0. The molecule has 1 aliphatic rings. The van der Waals surface area contributed by atoms with Crippen molar-refractivity contribution in [1.29, 1.82) is 0 Å². The first-order valence-corrected chi connectivity index (χ1v) is 18.5. The Balaban J connectivity index is 1.08. The first-order valence-electron chi connectivity index (χ1n) is 18.5. The highest BCUT2D eigenvalue weighted by Crippen LogP contribution is 2.49. The van der Waals surface area contributed by atoms with Crippen LogP contribution in [0.1, 0.15) is 0 Å². The van der Waals surface area contributed by atoms with Crippen molar-refractivity contribution >= 4 is 54.4 Å². The molecule has 54 heavy (non-hydrogen) atoms. The third-order valence-electron chi connectivity index (χ3n) is 11.6. The van der Waals surface area contributed by atoms with E-state index >= 15 is 0 Å². The summed E-state index contributed by atoms with van der Waals surface area (Å²) in [7, 11) is 0. The van der Waals surface area contributed by atoms with Gasteiger partial charge in [0.1, 0.15) is 0 Å². The molecular weight excluding hydrogens is 655 g/mol. The molecule has 12 rings (SSSR count). The van der Waals surface area contributed by atoms with Crippen LogP contribution in [0.25, 0.3) is 110 Å². The fourth-order valence-corrected chi connectivity index (χ4v) is 9.21. The van der Waals surface area contributed by atoms with Gasteiger partial charge in [0.05, 0.1) is 22.1 Å². The summed E-state index contributed by atoms with van der Waals surface area (Å²) in [5, 5.41) is 7.61. The smallest absolute Gasteiger partial charge is 0.0541 e. The molecule has 0 fully saturated rings. The summed E-state index contributed by atoms with van der Waals surface area (Å²) < 4.78 is 4.75. The van der Waals surface area contributed by atoms with Crippen molar-refractivity contribution in [1.82, 2.24) is 14.1 Å². The summed E-state index contributed by atoms with van der Waals surface area (Å²) in [5.41, 5.74) is 17.2. The Morgan fingerprint density at radius 1 is 0.296 bits per heavy atom. The number of benzene rings is 8. The van der Waals surface area contributed by atoms with Crippen LogP contribution in [-0.2, 0) is 0 Å². The van der Waals surface area contributed by atoms with Crippen LogP contribution in [0.5, 0.6) is 0 Å². The van der Waals surface area contributed by atoms with E-state index in [9.17, 15) is 0 Å². The minimum atomic E-state index is 1.10. The van der Waals surface area contributed by atoms with E-state index in [2.05, 4.69) is 190 Å². The predicted molar refractivity (Wildman–Crippen MR) is 226 cm³/mol. The number of hydrogen-bond donors (Lipinski definition) is 0. The maximum Gasteiger partial charge on any atom is 0.0541 e. The molecule has 0 unspecified atom stereocenters. The van der Waals surface area contributed by atoms with Crippen LogP contribution >= 0.6 is 0 Å². The molecule has 1 aliphatic carbocycles. The average Bonchev–Trinajstić information content (AvgIpc) is 3.87. The second-order valence-electron chi connectivity index (χ2n) is 14.4. The first kappa shape index (κ1) is 29.4. The lowest BCUT2D eigenvalue weighted by molar-refractivity contribution is 1.16. The second kappa shape index (κ2) is 11.1. The van der Waals surface area contributed by atoms with Gasteiger partial charge in [0.25, 0.3) is 0 Å². The summed E-state index contributed by atoms with van der Waals surface area (Å²) >= 11 is 0. The van der Waals surface area contributed by atoms with Crippen molar-refractivity contribution in [2.75, 3.05) is 0 Å². The Bertz CT molecular complexity index is 3280. The SMILES string of the molecule is c1ccc(-n2c3ccccc3c3cc(-c4ccc5c(c4)c4cc(-c6ccc7c8c(cccc68)-c6ccccc6-7)ccc4n5-c4ccncc4)ccc32)cc1.